The third-order valence-corrected chi connectivity index (χ3v) is 6.75. The molecule has 0 radical (unpaired) electrons. The fraction of sp³-hybridized carbons (Fsp3) is 0.778. The lowest BCUT2D eigenvalue weighted by Gasteiger charge is -2.62. The van der Waals surface area contributed by atoms with Gasteiger partial charge in [0.1, 0.15) is 5.82 Å². The molecule has 4 unspecified atom stereocenters. The zero-order chi connectivity index (χ0) is 16.0. The second kappa shape index (κ2) is 5.62. The average molecular weight is 315 g/mol. The zero-order valence-electron chi connectivity index (χ0n) is 14.5. The molecule has 0 aromatic carbocycles. The number of anilines is 2. The highest BCUT2D eigenvalue weighted by Gasteiger charge is 2.56. The Labute approximate surface area is 139 Å². The highest BCUT2D eigenvalue weighted by Crippen LogP contribution is 2.61. The van der Waals surface area contributed by atoms with E-state index in [0.29, 0.717) is 17.4 Å². The van der Waals surface area contributed by atoms with E-state index < -0.39 is 0 Å². The molecule has 4 aliphatic rings. The number of hydrogen-bond acceptors (Lipinski definition) is 5. The molecule has 1 aliphatic heterocycles. The summed E-state index contributed by atoms with van der Waals surface area (Å²) >= 11 is 0. The van der Waals surface area contributed by atoms with Gasteiger partial charge in [0.2, 0.25) is 5.95 Å². The molecular formula is C18H29N5. The molecular weight excluding hydrogens is 286 g/mol. The molecule has 4 atom stereocenters. The zero-order valence-corrected chi connectivity index (χ0v) is 14.5. The maximum atomic E-state index is 4.78. The van der Waals surface area contributed by atoms with Crippen molar-refractivity contribution in [2.24, 2.45) is 23.2 Å². The Morgan fingerprint density at radius 3 is 2.74 bits per heavy atom. The van der Waals surface area contributed by atoms with Crippen molar-refractivity contribution in [2.75, 3.05) is 36.4 Å². The van der Waals surface area contributed by atoms with Crippen LogP contribution in [-0.4, -0.2) is 42.2 Å². The van der Waals surface area contributed by atoms with Gasteiger partial charge in [-0.25, -0.2) is 4.98 Å². The van der Waals surface area contributed by atoms with Crippen LogP contribution in [0.2, 0.25) is 0 Å². The van der Waals surface area contributed by atoms with Gasteiger partial charge >= 0.3 is 0 Å². The summed E-state index contributed by atoms with van der Waals surface area (Å²) < 4.78 is 0. The normalized spacial score (nSPS) is 35.5. The van der Waals surface area contributed by atoms with Gasteiger partial charge in [-0.2, -0.15) is 4.98 Å². The summed E-state index contributed by atoms with van der Waals surface area (Å²) in [5.74, 6) is 4.25. The van der Waals surface area contributed by atoms with Crippen LogP contribution >= 0.6 is 0 Å². The van der Waals surface area contributed by atoms with Crippen LogP contribution in [0.3, 0.4) is 0 Å². The Morgan fingerprint density at radius 2 is 2.04 bits per heavy atom. The van der Waals surface area contributed by atoms with Gasteiger partial charge in [-0.05, 0) is 42.1 Å². The van der Waals surface area contributed by atoms with E-state index in [1.165, 1.54) is 12.8 Å². The van der Waals surface area contributed by atoms with Gasteiger partial charge in [-0.1, -0.05) is 20.8 Å². The molecule has 3 saturated carbocycles. The van der Waals surface area contributed by atoms with Crippen LogP contribution in [0.4, 0.5) is 11.8 Å². The Balaban J connectivity index is 1.45. The Morgan fingerprint density at radius 1 is 1.26 bits per heavy atom. The van der Waals surface area contributed by atoms with E-state index in [1.54, 1.807) is 0 Å². The molecule has 5 rings (SSSR count). The van der Waals surface area contributed by atoms with E-state index in [9.17, 15) is 0 Å². The summed E-state index contributed by atoms with van der Waals surface area (Å²) in [5.41, 5.74) is 0.529. The second-order valence-electron chi connectivity index (χ2n) is 8.18. The van der Waals surface area contributed by atoms with Crippen LogP contribution in [0, 0.1) is 23.2 Å². The van der Waals surface area contributed by atoms with E-state index in [-0.39, 0.29) is 0 Å². The van der Waals surface area contributed by atoms with Crippen LogP contribution in [0.15, 0.2) is 12.3 Å². The van der Waals surface area contributed by atoms with Crippen molar-refractivity contribution in [3.63, 3.8) is 0 Å². The molecule has 0 amide bonds. The first-order chi connectivity index (χ1) is 11.1. The van der Waals surface area contributed by atoms with Crippen molar-refractivity contribution in [1.29, 1.82) is 0 Å². The van der Waals surface area contributed by atoms with Crippen molar-refractivity contribution in [3.05, 3.63) is 12.3 Å². The van der Waals surface area contributed by atoms with Crippen LogP contribution in [0.5, 0.6) is 0 Å². The molecule has 126 valence electrons. The summed E-state index contributed by atoms with van der Waals surface area (Å²) in [6, 6.07) is 2.55. The third-order valence-electron chi connectivity index (χ3n) is 6.75. The molecule has 2 heterocycles. The Hall–Kier alpha value is -1.36. The molecule has 2 N–H and O–H groups in total. The molecule has 4 fully saturated rings. The quantitative estimate of drug-likeness (QED) is 0.897. The number of rotatable bonds is 3. The number of aromatic nitrogens is 2. The molecule has 5 nitrogen and oxygen atoms in total. The van der Waals surface area contributed by atoms with Crippen LogP contribution in [0.25, 0.3) is 0 Å². The molecule has 1 aromatic heterocycles. The molecule has 2 bridgehead atoms. The summed E-state index contributed by atoms with van der Waals surface area (Å²) in [7, 11) is 0. The van der Waals surface area contributed by atoms with Gasteiger partial charge in [0.25, 0.3) is 0 Å². The van der Waals surface area contributed by atoms with Gasteiger partial charge in [-0.3, -0.25) is 0 Å². The van der Waals surface area contributed by atoms with Crippen molar-refractivity contribution in [3.8, 4) is 0 Å². The van der Waals surface area contributed by atoms with E-state index in [0.717, 1.165) is 49.8 Å². The lowest BCUT2D eigenvalue weighted by Crippen LogP contribution is -2.58. The lowest BCUT2D eigenvalue weighted by molar-refractivity contribution is -0.105. The number of nitrogens with zero attached hydrogens (tertiary/aromatic N) is 3. The van der Waals surface area contributed by atoms with Gasteiger partial charge in [0.15, 0.2) is 0 Å². The number of piperazine rings is 1. The fourth-order valence-electron chi connectivity index (χ4n) is 5.00. The van der Waals surface area contributed by atoms with Gasteiger partial charge < -0.3 is 15.5 Å². The number of nitrogens with one attached hydrogen (secondary N) is 2. The molecule has 3 aliphatic carbocycles. The topological polar surface area (TPSA) is 53.1 Å². The maximum Gasteiger partial charge on any atom is 0.224 e. The first-order valence-corrected chi connectivity index (χ1v) is 9.11. The van der Waals surface area contributed by atoms with Gasteiger partial charge in [0.05, 0.1) is 0 Å². The minimum Gasteiger partial charge on any atom is -0.354 e. The molecule has 1 saturated heterocycles. The fourth-order valence-corrected chi connectivity index (χ4v) is 5.00. The molecule has 1 aromatic rings. The first kappa shape index (κ1) is 15.2. The van der Waals surface area contributed by atoms with Crippen LogP contribution in [-0.2, 0) is 0 Å². The third kappa shape index (κ3) is 2.59. The van der Waals surface area contributed by atoms with Crippen molar-refractivity contribution in [1.82, 2.24) is 15.3 Å². The Bertz CT molecular complexity index is 566. The molecule has 5 heteroatoms. The maximum absolute atomic E-state index is 4.78. The monoisotopic (exact) mass is 315 g/mol. The van der Waals surface area contributed by atoms with Crippen molar-refractivity contribution >= 4 is 11.8 Å². The van der Waals surface area contributed by atoms with Crippen LogP contribution in [0.1, 0.15) is 33.6 Å². The largest absolute Gasteiger partial charge is 0.354 e. The highest BCUT2D eigenvalue weighted by molar-refractivity contribution is 5.43. The highest BCUT2D eigenvalue weighted by atomic mass is 15.3. The lowest BCUT2D eigenvalue weighted by atomic mass is 9.45. The van der Waals surface area contributed by atoms with Gasteiger partial charge in [-0.15, -0.1) is 0 Å². The minimum atomic E-state index is 0.519. The summed E-state index contributed by atoms with van der Waals surface area (Å²) in [6.07, 6.45) is 4.56. The Kier molecular flexibility index (Phi) is 3.71. The van der Waals surface area contributed by atoms with Gasteiger partial charge in [0, 0.05) is 38.4 Å². The molecule has 23 heavy (non-hydrogen) atoms. The second-order valence-corrected chi connectivity index (χ2v) is 8.18. The van der Waals surface area contributed by atoms with Crippen molar-refractivity contribution < 1.29 is 0 Å². The standard InChI is InChI=1S/C18H29N5/c1-12-14-10-13(18(14,2)3)11-15(12)21-17-20-5-4-16(22-17)23-8-6-19-7-9-23/h4-5,12-15,19H,6-11H2,1-3H3,(H,20,21,22). The predicted molar refractivity (Wildman–Crippen MR) is 93.7 cm³/mol. The van der Waals surface area contributed by atoms with E-state index >= 15 is 0 Å². The van der Waals surface area contributed by atoms with E-state index in [1.807, 2.05) is 12.3 Å². The molecule has 0 spiro atoms. The van der Waals surface area contributed by atoms with E-state index in [2.05, 4.69) is 41.3 Å². The SMILES string of the molecule is CC1C(Nc2nccc(N3CCNCC3)n2)CC2CC1C2(C)C. The van der Waals surface area contributed by atoms with Crippen molar-refractivity contribution in [2.45, 2.75) is 39.7 Å². The minimum absolute atomic E-state index is 0.519. The number of hydrogen-bond donors (Lipinski definition) is 2. The average Bonchev–Trinajstić information content (AvgIpc) is 2.57. The summed E-state index contributed by atoms with van der Waals surface area (Å²) in [5, 5.41) is 7.03. The predicted octanol–water partition coefficient (Wildman–Crippen LogP) is 2.37. The summed E-state index contributed by atoms with van der Waals surface area (Å²) in [4.78, 5) is 11.6. The smallest absolute Gasteiger partial charge is 0.224 e. The van der Waals surface area contributed by atoms with Crippen LogP contribution < -0.4 is 15.5 Å². The number of fused-ring (bicyclic) bond motifs is 2. The first-order valence-electron chi connectivity index (χ1n) is 9.11. The van der Waals surface area contributed by atoms with E-state index in [4.69, 9.17) is 4.98 Å². The summed E-state index contributed by atoms with van der Waals surface area (Å²) in [6.45, 7) is 11.4.